The Labute approximate surface area is 137 Å². The molecule has 0 radical (unpaired) electrons. The molecule has 0 saturated heterocycles. The van der Waals surface area contributed by atoms with Crippen molar-refractivity contribution in [3.8, 4) is 0 Å². The second-order valence-electron chi connectivity index (χ2n) is 5.67. The average Bonchev–Trinajstić information content (AvgIpc) is 3.29. The fourth-order valence-corrected chi connectivity index (χ4v) is 2.36. The minimum atomic E-state index is -0.305. The average molecular weight is 326 g/mol. The molecule has 1 aliphatic carbocycles. The van der Waals surface area contributed by atoms with Gasteiger partial charge >= 0.3 is 0 Å². The molecular weight excluding hydrogens is 302 g/mol. The number of nitrogens with one attached hydrogen (secondary N) is 2. The molecule has 0 spiro atoms. The number of nitrogens with two attached hydrogens (primary N) is 1. The Bertz CT molecular complexity index is 491. The maximum Gasteiger partial charge on any atom is 0.222 e. The van der Waals surface area contributed by atoms with E-state index in [1.165, 1.54) is 6.92 Å². The molecule has 2 atom stereocenters. The first-order valence-corrected chi connectivity index (χ1v) is 7.40. The molecule has 2 unspecified atom stereocenters. The van der Waals surface area contributed by atoms with Crippen LogP contribution in [0.15, 0.2) is 30.3 Å². The molecule has 4 N–H and O–H groups in total. The number of carbonyl (C=O) groups is 2. The van der Waals surface area contributed by atoms with E-state index in [0.717, 1.165) is 18.4 Å². The third-order valence-electron chi connectivity index (χ3n) is 3.73. The highest BCUT2D eigenvalue weighted by Crippen LogP contribution is 2.31. The third-order valence-corrected chi connectivity index (χ3v) is 3.73. The Morgan fingerprint density at radius 3 is 2.45 bits per heavy atom. The fraction of sp³-hybridized carbons (Fsp3) is 0.500. The first kappa shape index (κ1) is 18.5. The maximum atomic E-state index is 12.0. The van der Waals surface area contributed by atoms with Crippen molar-refractivity contribution in [3.63, 3.8) is 0 Å². The van der Waals surface area contributed by atoms with Crippen molar-refractivity contribution in [3.05, 3.63) is 35.9 Å². The van der Waals surface area contributed by atoms with Crippen LogP contribution in [0.5, 0.6) is 0 Å². The van der Waals surface area contributed by atoms with Gasteiger partial charge < -0.3 is 16.4 Å². The topological polar surface area (TPSA) is 84.2 Å². The molecule has 1 aromatic carbocycles. The van der Waals surface area contributed by atoms with Gasteiger partial charge in [0.1, 0.15) is 0 Å². The van der Waals surface area contributed by atoms with E-state index in [2.05, 4.69) is 10.6 Å². The first-order chi connectivity index (χ1) is 10.1. The summed E-state index contributed by atoms with van der Waals surface area (Å²) in [6, 6.07) is 9.25. The molecule has 2 amide bonds. The van der Waals surface area contributed by atoms with E-state index >= 15 is 0 Å². The number of halogens is 1. The van der Waals surface area contributed by atoms with Crippen LogP contribution in [0, 0.1) is 5.92 Å². The first-order valence-electron chi connectivity index (χ1n) is 7.40. The Morgan fingerprint density at radius 2 is 1.91 bits per heavy atom. The van der Waals surface area contributed by atoms with Crippen LogP contribution in [0.1, 0.15) is 37.8 Å². The van der Waals surface area contributed by atoms with Gasteiger partial charge in [0, 0.05) is 19.5 Å². The summed E-state index contributed by atoms with van der Waals surface area (Å²) in [5, 5.41) is 5.68. The van der Waals surface area contributed by atoms with Crippen LogP contribution >= 0.6 is 12.4 Å². The number of carbonyl (C=O) groups excluding carboxylic acids is 2. The summed E-state index contributed by atoms with van der Waals surface area (Å²) in [6.07, 6.45) is 2.55. The minimum Gasteiger partial charge on any atom is -0.354 e. The number of rotatable bonds is 7. The molecule has 122 valence electrons. The molecule has 1 aromatic rings. The highest BCUT2D eigenvalue weighted by atomic mass is 35.5. The van der Waals surface area contributed by atoms with Crippen LogP contribution in [0.4, 0.5) is 0 Å². The normalized spacial score (nSPS) is 16.1. The van der Waals surface area contributed by atoms with Gasteiger partial charge in [-0.2, -0.15) is 0 Å². The lowest BCUT2D eigenvalue weighted by atomic mass is 10.0. The SMILES string of the molecule is CC(=O)NC(CC(=O)NCC(N)C1CC1)c1ccccc1.Cl. The number of amides is 2. The lowest BCUT2D eigenvalue weighted by molar-refractivity contribution is -0.122. The van der Waals surface area contributed by atoms with E-state index in [9.17, 15) is 9.59 Å². The summed E-state index contributed by atoms with van der Waals surface area (Å²) in [6.45, 7) is 1.96. The van der Waals surface area contributed by atoms with Gasteiger partial charge in [0.2, 0.25) is 11.8 Å². The van der Waals surface area contributed by atoms with Crippen molar-refractivity contribution < 1.29 is 9.59 Å². The molecule has 5 nitrogen and oxygen atoms in total. The predicted molar refractivity (Wildman–Crippen MR) is 88.6 cm³/mol. The lowest BCUT2D eigenvalue weighted by Gasteiger charge is -2.19. The molecule has 0 bridgehead atoms. The summed E-state index contributed by atoms with van der Waals surface area (Å²) in [4.78, 5) is 23.3. The third kappa shape index (κ3) is 6.03. The number of benzene rings is 1. The molecule has 1 saturated carbocycles. The van der Waals surface area contributed by atoms with Crippen LogP contribution in [0.2, 0.25) is 0 Å². The zero-order valence-electron chi connectivity index (χ0n) is 12.7. The molecule has 1 aliphatic rings. The Hall–Kier alpha value is -1.59. The van der Waals surface area contributed by atoms with Crippen LogP contribution in [0.25, 0.3) is 0 Å². The van der Waals surface area contributed by atoms with Gasteiger partial charge in [-0.15, -0.1) is 12.4 Å². The second-order valence-corrected chi connectivity index (χ2v) is 5.67. The zero-order valence-corrected chi connectivity index (χ0v) is 13.6. The van der Waals surface area contributed by atoms with Crippen molar-refractivity contribution in [2.45, 2.75) is 38.3 Å². The molecular formula is C16H24ClN3O2. The molecule has 6 heteroatoms. The highest BCUT2D eigenvalue weighted by Gasteiger charge is 2.28. The smallest absolute Gasteiger partial charge is 0.222 e. The van der Waals surface area contributed by atoms with Crippen molar-refractivity contribution in [1.82, 2.24) is 10.6 Å². The van der Waals surface area contributed by atoms with E-state index in [-0.39, 0.29) is 42.7 Å². The van der Waals surface area contributed by atoms with Crippen molar-refractivity contribution in [2.75, 3.05) is 6.54 Å². The summed E-state index contributed by atoms with van der Waals surface area (Å²) >= 11 is 0. The Balaban J connectivity index is 0.00000242. The minimum absolute atomic E-state index is 0. The Morgan fingerprint density at radius 1 is 1.27 bits per heavy atom. The molecule has 0 aliphatic heterocycles. The van der Waals surface area contributed by atoms with E-state index in [1.807, 2.05) is 30.3 Å². The van der Waals surface area contributed by atoms with Crippen LogP contribution in [0.3, 0.4) is 0 Å². The van der Waals surface area contributed by atoms with Gasteiger partial charge in [0.15, 0.2) is 0 Å². The van der Waals surface area contributed by atoms with Gasteiger partial charge in [0.25, 0.3) is 0 Å². The zero-order chi connectivity index (χ0) is 15.2. The lowest BCUT2D eigenvalue weighted by Crippen LogP contribution is -2.40. The summed E-state index contributed by atoms with van der Waals surface area (Å²) in [7, 11) is 0. The van der Waals surface area contributed by atoms with Crippen LogP contribution in [-0.4, -0.2) is 24.4 Å². The predicted octanol–water partition coefficient (Wildman–Crippen LogP) is 1.53. The van der Waals surface area contributed by atoms with Crippen molar-refractivity contribution in [2.24, 2.45) is 11.7 Å². The van der Waals surface area contributed by atoms with E-state index in [4.69, 9.17) is 5.73 Å². The molecule has 0 aromatic heterocycles. The van der Waals surface area contributed by atoms with Crippen LogP contribution < -0.4 is 16.4 Å². The van der Waals surface area contributed by atoms with Gasteiger partial charge in [0.05, 0.1) is 12.5 Å². The molecule has 1 fully saturated rings. The molecule has 2 rings (SSSR count). The van der Waals surface area contributed by atoms with E-state index in [0.29, 0.717) is 12.5 Å². The van der Waals surface area contributed by atoms with Gasteiger partial charge in [-0.1, -0.05) is 30.3 Å². The standard InChI is InChI=1S/C16H23N3O2.ClH/c1-11(20)19-15(13-5-3-2-4-6-13)9-16(21)18-10-14(17)12-7-8-12;/h2-6,12,14-15H,7-10,17H2,1H3,(H,18,21)(H,19,20);1H. The van der Waals surface area contributed by atoms with Crippen LogP contribution in [-0.2, 0) is 9.59 Å². The summed E-state index contributed by atoms with van der Waals surface area (Å²) < 4.78 is 0. The van der Waals surface area contributed by atoms with Crippen molar-refractivity contribution >= 4 is 24.2 Å². The molecule has 22 heavy (non-hydrogen) atoms. The highest BCUT2D eigenvalue weighted by molar-refractivity contribution is 5.85. The van der Waals surface area contributed by atoms with E-state index < -0.39 is 0 Å². The van der Waals surface area contributed by atoms with Crippen molar-refractivity contribution in [1.29, 1.82) is 0 Å². The van der Waals surface area contributed by atoms with Gasteiger partial charge in [-0.25, -0.2) is 0 Å². The second kappa shape index (κ2) is 8.76. The number of hydrogen-bond donors (Lipinski definition) is 3. The Kier molecular flexibility index (Phi) is 7.35. The monoisotopic (exact) mass is 325 g/mol. The van der Waals surface area contributed by atoms with Gasteiger partial charge in [-0.3, -0.25) is 9.59 Å². The number of hydrogen-bond acceptors (Lipinski definition) is 3. The quantitative estimate of drug-likeness (QED) is 0.711. The maximum absolute atomic E-state index is 12.0. The summed E-state index contributed by atoms with van der Waals surface area (Å²) in [5.41, 5.74) is 6.89. The molecule has 0 heterocycles. The van der Waals surface area contributed by atoms with Gasteiger partial charge in [-0.05, 0) is 24.3 Å². The van der Waals surface area contributed by atoms with E-state index in [1.54, 1.807) is 0 Å². The fourth-order valence-electron chi connectivity index (χ4n) is 2.36. The summed E-state index contributed by atoms with van der Waals surface area (Å²) in [5.74, 6) is 0.325. The largest absolute Gasteiger partial charge is 0.354 e.